The molecule has 0 amide bonds. The van der Waals surface area contributed by atoms with Gasteiger partial charge in [-0.05, 0) is 6.92 Å². The summed E-state index contributed by atoms with van der Waals surface area (Å²) in [5.74, 6) is -3.35. The highest BCUT2D eigenvalue weighted by Gasteiger charge is 2.29. The van der Waals surface area contributed by atoms with Crippen LogP contribution >= 0.6 is 0 Å². The summed E-state index contributed by atoms with van der Waals surface area (Å²) < 4.78 is 5.71. The predicted molar refractivity (Wildman–Crippen MR) is 53.7 cm³/mol. The van der Waals surface area contributed by atoms with E-state index in [0.717, 1.165) is 7.11 Å². The number of hydrogen-bond acceptors (Lipinski definition) is 5. The number of carbonyl (C=O) groups excluding carboxylic acids is 3. The number of aryl methyl sites for hydroxylation is 1. The molecule has 0 bridgehead atoms. The average Bonchev–Trinajstić information content (AvgIpc) is 2.71. The van der Waals surface area contributed by atoms with Crippen molar-refractivity contribution >= 4 is 17.5 Å². The Morgan fingerprint density at radius 2 is 2.06 bits per heavy atom. The van der Waals surface area contributed by atoms with E-state index in [1.165, 1.54) is 24.0 Å². The van der Waals surface area contributed by atoms with Crippen molar-refractivity contribution in [2.24, 2.45) is 13.0 Å². The Balaban J connectivity index is 2.82. The molecule has 1 aromatic rings. The average molecular weight is 224 g/mol. The van der Waals surface area contributed by atoms with Crippen LogP contribution in [-0.4, -0.2) is 34.4 Å². The van der Waals surface area contributed by atoms with E-state index >= 15 is 0 Å². The molecule has 0 aliphatic heterocycles. The van der Waals surface area contributed by atoms with Crippen LogP contribution in [0, 0.1) is 5.92 Å². The molecule has 0 N–H and O–H groups in total. The summed E-state index contributed by atoms with van der Waals surface area (Å²) >= 11 is 0. The van der Waals surface area contributed by atoms with Gasteiger partial charge in [0.1, 0.15) is 0 Å². The Labute approximate surface area is 92.2 Å². The molecular formula is C10H12N2O4. The van der Waals surface area contributed by atoms with Crippen LogP contribution in [0.5, 0.6) is 0 Å². The first-order valence-electron chi connectivity index (χ1n) is 4.62. The maximum atomic E-state index is 11.7. The zero-order valence-corrected chi connectivity index (χ0v) is 9.26. The molecule has 0 fully saturated rings. The van der Waals surface area contributed by atoms with Crippen LogP contribution in [0.3, 0.4) is 0 Å². The number of carbonyl (C=O) groups is 3. The third-order valence-corrected chi connectivity index (χ3v) is 2.16. The van der Waals surface area contributed by atoms with Gasteiger partial charge in [-0.3, -0.25) is 14.3 Å². The molecule has 1 unspecified atom stereocenters. The summed E-state index contributed by atoms with van der Waals surface area (Å²) in [5, 5.41) is 3.81. The maximum absolute atomic E-state index is 11.7. The molecule has 16 heavy (non-hydrogen) atoms. The second kappa shape index (κ2) is 4.69. The van der Waals surface area contributed by atoms with Gasteiger partial charge in [-0.15, -0.1) is 0 Å². The van der Waals surface area contributed by atoms with Crippen LogP contribution in [-0.2, 0) is 21.4 Å². The third-order valence-electron chi connectivity index (χ3n) is 2.16. The topological polar surface area (TPSA) is 78.3 Å². The molecule has 1 atom stereocenters. The van der Waals surface area contributed by atoms with Gasteiger partial charge in [-0.2, -0.15) is 5.10 Å². The van der Waals surface area contributed by atoms with Crippen LogP contribution in [0.4, 0.5) is 0 Å². The standard InChI is InChI=1S/C10H12N2O4/c1-6(9(14)10(15)16-3)8(13)7-4-11-12(2)5-7/h4-6H,1-3H3. The number of ether oxygens (including phenoxy) is 1. The van der Waals surface area contributed by atoms with Gasteiger partial charge < -0.3 is 4.74 Å². The van der Waals surface area contributed by atoms with Crippen molar-refractivity contribution in [2.45, 2.75) is 6.92 Å². The van der Waals surface area contributed by atoms with Crippen molar-refractivity contribution in [3.05, 3.63) is 18.0 Å². The van der Waals surface area contributed by atoms with E-state index in [1.54, 1.807) is 7.05 Å². The van der Waals surface area contributed by atoms with Gasteiger partial charge in [0.05, 0.1) is 24.8 Å². The fourth-order valence-corrected chi connectivity index (χ4v) is 1.19. The van der Waals surface area contributed by atoms with Gasteiger partial charge >= 0.3 is 5.97 Å². The van der Waals surface area contributed by atoms with Crippen molar-refractivity contribution in [3.8, 4) is 0 Å². The highest BCUT2D eigenvalue weighted by molar-refractivity contribution is 6.39. The van der Waals surface area contributed by atoms with E-state index in [1.807, 2.05) is 0 Å². The van der Waals surface area contributed by atoms with Crippen molar-refractivity contribution in [3.63, 3.8) is 0 Å². The molecule has 1 heterocycles. The molecule has 0 saturated carbocycles. The smallest absolute Gasteiger partial charge is 0.375 e. The first-order valence-corrected chi connectivity index (χ1v) is 4.62. The number of aromatic nitrogens is 2. The van der Waals surface area contributed by atoms with Crippen molar-refractivity contribution in [2.75, 3.05) is 7.11 Å². The Morgan fingerprint density at radius 3 is 2.50 bits per heavy atom. The second-order valence-electron chi connectivity index (χ2n) is 3.34. The van der Waals surface area contributed by atoms with Crippen LogP contribution in [0.15, 0.2) is 12.4 Å². The molecule has 86 valence electrons. The minimum Gasteiger partial charge on any atom is -0.463 e. The Morgan fingerprint density at radius 1 is 1.44 bits per heavy atom. The lowest BCUT2D eigenvalue weighted by Gasteiger charge is -2.05. The zero-order valence-electron chi connectivity index (χ0n) is 9.26. The third kappa shape index (κ3) is 2.33. The molecule has 0 aromatic carbocycles. The zero-order chi connectivity index (χ0) is 12.3. The molecule has 0 spiro atoms. The Kier molecular flexibility index (Phi) is 3.55. The molecule has 0 saturated heterocycles. The summed E-state index contributed by atoms with van der Waals surface area (Å²) in [6, 6.07) is 0. The fraction of sp³-hybridized carbons (Fsp3) is 0.400. The molecule has 0 aliphatic rings. The van der Waals surface area contributed by atoms with E-state index in [-0.39, 0.29) is 0 Å². The van der Waals surface area contributed by atoms with Gasteiger partial charge in [-0.1, -0.05) is 0 Å². The van der Waals surface area contributed by atoms with Gasteiger partial charge in [0, 0.05) is 13.2 Å². The Hall–Kier alpha value is -1.98. The molecule has 6 heteroatoms. The monoisotopic (exact) mass is 224 g/mol. The summed E-state index contributed by atoms with van der Waals surface area (Å²) in [4.78, 5) is 34.1. The SMILES string of the molecule is COC(=O)C(=O)C(C)C(=O)c1cnn(C)c1. The number of Topliss-reactive ketones (excluding diaryl/α,β-unsaturated/α-hetero) is 2. The molecule has 1 rings (SSSR count). The minimum atomic E-state index is -1.04. The van der Waals surface area contributed by atoms with Crippen LogP contribution in [0.1, 0.15) is 17.3 Å². The van der Waals surface area contributed by atoms with Gasteiger partial charge in [0.15, 0.2) is 5.78 Å². The predicted octanol–water partition coefficient (Wildman–Crippen LogP) is -0.0190. The molecule has 1 aromatic heterocycles. The fourth-order valence-electron chi connectivity index (χ4n) is 1.19. The number of rotatable bonds is 4. The molecular weight excluding hydrogens is 212 g/mol. The highest BCUT2D eigenvalue weighted by Crippen LogP contribution is 2.09. The van der Waals surface area contributed by atoms with Crippen LogP contribution in [0.2, 0.25) is 0 Å². The Bertz CT molecular complexity index is 436. The lowest BCUT2D eigenvalue weighted by Crippen LogP contribution is -2.28. The minimum absolute atomic E-state index is 0.298. The second-order valence-corrected chi connectivity index (χ2v) is 3.34. The van der Waals surface area contributed by atoms with E-state index < -0.39 is 23.5 Å². The van der Waals surface area contributed by atoms with E-state index in [2.05, 4.69) is 9.84 Å². The summed E-state index contributed by atoms with van der Waals surface area (Å²) in [7, 11) is 2.76. The number of hydrogen-bond donors (Lipinski definition) is 0. The quantitative estimate of drug-likeness (QED) is 0.311. The van der Waals surface area contributed by atoms with Crippen LogP contribution in [0.25, 0.3) is 0 Å². The number of esters is 1. The summed E-state index contributed by atoms with van der Waals surface area (Å²) in [6.07, 6.45) is 2.84. The maximum Gasteiger partial charge on any atom is 0.375 e. The molecule has 0 aliphatic carbocycles. The lowest BCUT2D eigenvalue weighted by molar-refractivity contribution is -0.152. The number of nitrogens with zero attached hydrogens (tertiary/aromatic N) is 2. The van der Waals surface area contributed by atoms with Crippen molar-refractivity contribution < 1.29 is 19.1 Å². The van der Waals surface area contributed by atoms with E-state index in [9.17, 15) is 14.4 Å². The van der Waals surface area contributed by atoms with Crippen molar-refractivity contribution in [1.82, 2.24) is 9.78 Å². The van der Waals surface area contributed by atoms with Gasteiger partial charge in [0.2, 0.25) is 0 Å². The number of methoxy groups -OCH3 is 1. The number of ketones is 2. The lowest BCUT2D eigenvalue weighted by atomic mass is 9.97. The highest BCUT2D eigenvalue weighted by atomic mass is 16.5. The van der Waals surface area contributed by atoms with E-state index in [4.69, 9.17) is 0 Å². The van der Waals surface area contributed by atoms with Gasteiger partial charge in [0.25, 0.3) is 5.78 Å². The van der Waals surface area contributed by atoms with Crippen LogP contribution < -0.4 is 0 Å². The van der Waals surface area contributed by atoms with E-state index in [0.29, 0.717) is 5.56 Å². The summed E-state index contributed by atoms with van der Waals surface area (Å²) in [6.45, 7) is 1.37. The normalized spacial score (nSPS) is 11.9. The largest absolute Gasteiger partial charge is 0.463 e. The summed E-state index contributed by atoms with van der Waals surface area (Å²) in [5.41, 5.74) is 0.298. The van der Waals surface area contributed by atoms with Gasteiger partial charge in [-0.25, -0.2) is 4.79 Å². The molecule has 6 nitrogen and oxygen atoms in total. The molecule has 0 radical (unpaired) electrons. The first kappa shape index (κ1) is 12.1. The van der Waals surface area contributed by atoms with Crippen molar-refractivity contribution in [1.29, 1.82) is 0 Å². The first-order chi connectivity index (χ1) is 7.47.